The first kappa shape index (κ1) is 36.6. The van der Waals surface area contributed by atoms with E-state index in [0.717, 1.165) is 16.8 Å². The summed E-state index contributed by atoms with van der Waals surface area (Å²) in [4.78, 5) is 44.5. The van der Waals surface area contributed by atoms with Gasteiger partial charge in [0.2, 0.25) is 0 Å². The summed E-state index contributed by atoms with van der Waals surface area (Å²) in [5, 5.41) is 58.6. The maximum atomic E-state index is 12.2. The molecule has 2 aliphatic heterocycles. The van der Waals surface area contributed by atoms with E-state index < -0.39 is 95.4 Å². The van der Waals surface area contributed by atoms with Crippen molar-refractivity contribution in [2.24, 2.45) is 0 Å². The van der Waals surface area contributed by atoms with Gasteiger partial charge in [0.15, 0.2) is 12.5 Å². The predicted molar refractivity (Wildman–Crippen MR) is 120 cm³/mol. The SMILES string of the molecule is O=c1ccn([C@@H]2O[C@H](COP(=O)(O)OP(=O)(O)O[C@H]3O[C@H](CO)[C@@H](O)[C@H](O)[C@@H]3O)[C@@H](O)[C@H]2O)c(=O)[nH]1.[Na].[Na]. The van der Waals surface area contributed by atoms with Gasteiger partial charge in [0, 0.05) is 71.4 Å². The Morgan fingerprint density at radius 1 is 0.895 bits per heavy atom. The molecule has 3 rings (SSSR count). The van der Waals surface area contributed by atoms with Crippen molar-refractivity contribution in [1.29, 1.82) is 0 Å². The second kappa shape index (κ2) is 14.7. The number of rotatable bonds is 9. The van der Waals surface area contributed by atoms with Crippen molar-refractivity contribution in [1.82, 2.24) is 9.55 Å². The van der Waals surface area contributed by atoms with Gasteiger partial charge in [0.05, 0.1) is 13.2 Å². The van der Waals surface area contributed by atoms with Crippen LogP contribution in [0.25, 0.3) is 0 Å². The molecular weight excluding hydrogens is 588 g/mol. The molecule has 19 nitrogen and oxygen atoms in total. The van der Waals surface area contributed by atoms with Crippen LogP contribution in [0.4, 0.5) is 0 Å². The molecule has 2 fully saturated rings. The number of aliphatic hydroxyl groups excluding tert-OH is 6. The molecule has 3 heterocycles. The van der Waals surface area contributed by atoms with E-state index in [9.17, 15) is 54.0 Å². The van der Waals surface area contributed by atoms with Gasteiger partial charge < -0.3 is 49.9 Å². The van der Waals surface area contributed by atoms with Crippen LogP contribution in [0.5, 0.6) is 0 Å². The number of hydrogen-bond acceptors (Lipinski definition) is 15. The number of aliphatic hydroxyl groups is 6. The van der Waals surface area contributed by atoms with E-state index >= 15 is 0 Å². The topological polar surface area (TPSA) is 297 Å². The van der Waals surface area contributed by atoms with Crippen molar-refractivity contribution in [3.63, 3.8) is 0 Å². The van der Waals surface area contributed by atoms with Crippen molar-refractivity contribution in [2.45, 2.75) is 55.2 Å². The second-order valence-corrected chi connectivity index (χ2v) is 10.7. The minimum atomic E-state index is -5.59. The molecule has 0 saturated carbocycles. The molecule has 2 unspecified atom stereocenters. The summed E-state index contributed by atoms with van der Waals surface area (Å²) >= 11 is 0. The van der Waals surface area contributed by atoms with Crippen LogP contribution in [-0.4, -0.2) is 171 Å². The fourth-order valence-corrected chi connectivity index (χ4v) is 5.51. The quantitative estimate of drug-likeness (QED) is 0.0928. The fraction of sp³-hybridized carbons (Fsp3) is 0.733. The van der Waals surface area contributed by atoms with Gasteiger partial charge >= 0.3 is 21.3 Å². The van der Waals surface area contributed by atoms with Crippen molar-refractivity contribution >= 4 is 74.8 Å². The summed E-state index contributed by atoms with van der Waals surface area (Å²) in [7, 11) is -11.1. The van der Waals surface area contributed by atoms with Crippen molar-refractivity contribution < 1.29 is 72.4 Å². The zero-order valence-electron chi connectivity index (χ0n) is 19.9. The summed E-state index contributed by atoms with van der Waals surface area (Å²) < 4.78 is 48.1. The van der Waals surface area contributed by atoms with Gasteiger partial charge in [-0.15, -0.1) is 0 Å². The molecule has 1 aromatic heterocycles. The molecule has 9 N–H and O–H groups in total. The third kappa shape index (κ3) is 8.81. The van der Waals surface area contributed by atoms with Crippen molar-refractivity contribution in [2.75, 3.05) is 13.2 Å². The molecule has 23 heteroatoms. The Morgan fingerprint density at radius 3 is 2.08 bits per heavy atom. The summed E-state index contributed by atoms with van der Waals surface area (Å²) in [5.41, 5.74) is -1.75. The van der Waals surface area contributed by atoms with E-state index in [0.29, 0.717) is 0 Å². The molecule has 0 bridgehead atoms. The Kier molecular flexibility index (Phi) is 14.2. The third-order valence-corrected chi connectivity index (χ3v) is 7.76. The van der Waals surface area contributed by atoms with Gasteiger partial charge in [-0.3, -0.25) is 23.4 Å². The Labute approximate surface area is 256 Å². The fourth-order valence-electron chi connectivity index (χ4n) is 3.35. The molecule has 0 spiro atoms. The number of nitrogens with zero attached hydrogens (tertiary/aromatic N) is 1. The van der Waals surface area contributed by atoms with E-state index in [-0.39, 0.29) is 59.1 Å². The Hall–Kier alpha value is 0.620. The molecule has 0 amide bonds. The van der Waals surface area contributed by atoms with Gasteiger partial charge in [-0.25, -0.2) is 13.9 Å². The average Bonchev–Trinajstić information content (AvgIpc) is 3.06. The number of nitrogens with one attached hydrogen (secondary N) is 1. The molecule has 208 valence electrons. The second-order valence-electron chi connectivity index (χ2n) is 7.68. The molecule has 2 aliphatic rings. The summed E-state index contributed by atoms with van der Waals surface area (Å²) in [6.45, 7) is -1.93. The van der Waals surface area contributed by atoms with Crippen LogP contribution in [0.1, 0.15) is 6.23 Å². The van der Waals surface area contributed by atoms with Crippen LogP contribution in [0.3, 0.4) is 0 Å². The van der Waals surface area contributed by atoms with Gasteiger partial charge in [0.1, 0.15) is 42.7 Å². The van der Waals surface area contributed by atoms with Gasteiger partial charge in [0.25, 0.3) is 5.56 Å². The first-order chi connectivity index (χ1) is 16.7. The molecular formula is C15H24N2Na2O17P2. The standard InChI is InChI=1S/C15H24N2O17P2.2Na/c18-3-5-8(20)10(22)12(24)14(32-5)33-36(28,29)34-35(26,27)30-4-6-9(21)11(23)13(31-6)17-2-1-7(19)16-15(17)25;;/h1-2,5-6,8-14,18,20-24H,3-4H2,(H,26,27)(H,28,29)(H,16,19,25);;/t5-,6-,8-,9-,10+,11-,12+,13-,14-;;/m1../s1. The van der Waals surface area contributed by atoms with Crippen molar-refractivity contribution in [3.05, 3.63) is 33.1 Å². The molecule has 1 aromatic rings. The predicted octanol–water partition coefficient (Wildman–Crippen LogP) is -5.56. The van der Waals surface area contributed by atoms with Crippen LogP contribution in [0.15, 0.2) is 21.9 Å². The van der Waals surface area contributed by atoms with Crippen molar-refractivity contribution in [3.8, 4) is 0 Å². The van der Waals surface area contributed by atoms with E-state index in [1.54, 1.807) is 0 Å². The Bertz CT molecular complexity index is 1140. The number of phosphoric ester groups is 2. The largest absolute Gasteiger partial charge is 0.483 e. The zero-order valence-corrected chi connectivity index (χ0v) is 25.6. The smallest absolute Gasteiger partial charge is 0.394 e. The van der Waals surface area contributed by atoms with E-state index in [1.165, 1.54) is 0 Å². The van der Waals surface area contributed by atoms with Crippen LogP contribution >= 0.6 is 15.6 Å². The van der Waals surface area contributed by atoms with Crippen LogP contribution in [0, 0.1) is 0 Å². The average molecular weight is 612 g/mol. The molecule has 0 aliphatic carbocycles. The molecule has 2 radical (unpaired) electrons. The van der Waals surface area contributed by atoms with E-state index in [4.69, 9.17) is 14.6 Å². The number of aromatic nitrogens is 2. The number of ether oxygens (including phenoxy) is 2. The van der Waals surface area contributed by atoms with Crippen LogP contribution in [0.2, 0.25) is 0 Å². The monoisotopic (exact) mass is 612 g/mol. The van der Waals surface area contributed by atoms with E-state index in [1.807, 2.05) is 4.98 Å². The normalized spacial score (nSPS) is 36.4. The maximum Gasteiger partial charge on any atom is 0.483 e. The number of aromatic amines is 1. The zero-order chi connectivity index (χ0) is 27.0. The molecule has 38 heavy (non-hydrogen) atoms. The molecule has 11 atom stereocenters. The van der Waals surface area contributed by atoms with Crippen LogP contribution in [-0.2, 0) is 32.0 Å². The number of phosphoric acid groups is 2. The molecule has 2 saturated heterocycles. The maximum absolute atomic E-state index is 12.2. The first-order valence-electron chi connectivity index (χ1n) is 9.99. The summed E-state index contributed by atoms with van der Waals surface area (Å²) in [6.07, 6.45) is -15.4. The minimum Gasteiger partial charge on any atom is -0.394 e. The number of hydrogen-bond donors (Lipinski definition) is 9. The Balaban J connectivity index is 0.00000361. The first-order valence-corrected chi connectivity index (χ1v) is 13.0. The molecule has 0 aromatic carbocycles. The Morgan fingerprint density at radius 2 is 1.50 bits per heavy atom. The third-order valence-electron chi connectivity index (χ3n) is 5.16. The summed E-state index contributed by atoms with van der Waals surface area (Å²) in [5.74, 6) is 0. The number of H-pyrrole nitrogens is 1. The van der Waals surface area contributed by atoms with Gasteiger partial charge in [-0.2, -0.15) is 4.31 Å². The van der Waals surface area contributed by atoms with Gasteiger partial charge in [-0.1, -0.05) is 0 Å². The van der Waals surface area contributed by atoms with E-state index in [2.05, 4.69) is 13.4 Å². The van der Waals surface area contributed by atoms with Gasteiger partial charge in [-0.05, 0) is 0 Å². The van der Waals surface area contributed by atoms with Crippen LogP contribution < -0.4 is 11.2 Å². The minimum absolute atomic E-state index is 0. The summed E-state index contributed by atoms with van der Waals surface area (Å²) in [6, 6.07) is 0.928.